The van der Waals surface area contributed by atoms with E-state index in [0.717, 1.165) is 10.9 Å². The van der Waals surface area contributed by atoms with Crippen molar-refractivity contribution in [2.75, 3.05) is 0 Å². The molecule has 2 aromatic carbocycles. The molecular weight excluding hydrogens is 178 g/mol. The van der Waals surface area contributed by atoms with Gasteiger partial charge in [0.15, 0.2) is 0 Å². The van der Waals surface area contributed by atoms with Crippen molar-refractivity contribution in [1.29, 1.82) is 0 Å². The summed E-state index contributed by atoms with van der Waals surface area (Å²) in [5.74, 6) is 0. The molecule has 0 aliphatic rings. The minimum Gasteiger partial charge on any atom is -0.258 e. The van der Waals surface area contributed by atoms with E-state index >= 15 is 0 Å². The fourth-order valence-electron chi connectivity index (χ4n) is 1.61. The van der Waals surface area contributed by atoms with Crippen LogP contribution < -0.4 is 0 Å². The van der Waals surface area contributed by atoms with Gasteiger partial charge in [-0.2, -0.15) is 0 Å². The molecule has 0 bridgehead atoms. The number of aryl methyl sites for hydroxylation is 1. The fraction of sp³-hybridized carbons (Fsp3) is 0.0909. The number of nitro benzene ring substituents is 1. The van der Waals surface area contributed by atoms with Crippen molar-refractivity contribution in [3.8, 4) is 0 Å². The number of benzene rings is 2. The van der Waals surface area contributed by atoms with Gasteiger partial charge in [0.25, 0.3) is 5.69 Å². The Balaban J connectivity index is 2.88. The van der Waals surface area contributed by atoms with Crippen LogP contribution in [0.5, 0.6) is 0 Å². The Hall–Kier alpha value is -1.90. The molecule has 3 nitrogen and oxygen atoms in total. The largest absolute Gasteiger partial charge is 0.277 e. The van der Waals surface area contributed by atoms with Crippen LogP contribution in [-0.4, -0.2) is 4.92 Å². The van der Waals surface area contributed by atoms with E-state index in [4.69, 9.17) is 0 Å². The third-order valence-corrected chi connectivity index (χ3v) is 2.31. The Morgan fingerprint density at radius 1 is 1.07 bits per heavy atom. The van der Waals surface area contributed by atoms with Crippen molar-refractivity contribution >= 4 is 16.5 Å². The molecule has 0 saturated heterocycles. The molecule has 0 spiro atoms. The Morgan fingerprint density at radius 2 is 1.71 bits per heavy atom. The topological polar surface area (TPSA) is 43.1 Å². The molecule has 0 radical (unpaired) electrons. The molecule has 0 atom stereocenters. The van der Waals surface area contributed by atoms with Gasteiger partial charge in [0.05, 0.1) is 10.3 Å². The number of hydrogen-bond acceptors (Lipinski definition) is 2. The van der Waals surface area contributed by atoms with Gasteiger partial charge < -0.3 is 0 Å². The summed E-state index contributed by atoms with van der Waals surface area (Å²) in [4.78, 5) is 10.4. The molecule has 2 rings (SSSR count). The zero-order chi connectivity index (χ0) is 10.1. The first-order valence-electron chi connectivity index (χ1n) is 4.33. The summed E-state index contributed by atoms with van der Waals surface area (Å²) < 4.78 is 0. The highest BCUT2D eigenvalue weighted by Gasteiger charge is 2.10. The van der Waals surface area contributed by atoms with E-state index in [2.05, 4.69) is 0 Å². The summed E-state index contributed by atoms with van der Waals surface area (Å²) in [6.07, 6.45) is 0. The molecule has 0 saturated carbocycles. The second-order valence-electron chi connectivity index (χ2n) is 3.20. The molecule has 14 heavy (non-hydrogen) atoms. The van der Waals surface area contributed by atoms with Crippen molar-refractivity contribution in [2.24, 2.45) is 0 Å². The Labute approximate surface area is 81.1 Å². The summed E-state index contributed by atoms with van der Waals surface area (Å²) >= 11 is 0. The molecule has 0 amide bonds. The maximum atomic E-state index is 10.7. The van der Waals surface area contributed by atoms with E-state index in [9.17, 15) is 10.1 Å². The third-order valence-electron chi connectivity index (χ3n) is 2.31. The maximum absolute atomic E-state index is 10.7. The van der Waals surface area contributed by atoms with E-state index in [0.29, 0.717) is 5.39 Å². The molecular formula is C11H9NO2. The first-order chi connectivity index (χ1) is 6.70. The summed E-state index contributed by atoms with van der Waals surface area (Å²) in [5.41, 5.74) is 1.23. The number of hydrogen-bond donors (Lipinski definition) is 0. The monoisotopic (exact) mass is 187 g/mol. The van der Waals surface area contributed by atoms with Gasteiger partial charge in [-0.1, -0.05) is 24.3 Å². The van der Waals surface area contributed by atoms with Gasteiger partial charge in [0.2, 0.25) is 0 Å². The SMILES string of the molecule is Cc1cccc2c([N+](=O)[O-])cccc12. The number of fused-ring (bicyclic) bond motifs is 1. The molecule has 0 fully saturated rings. The van der Waals surface area contributed by atoms with Crippen LogP contribution in [0.1, 0.15) is 5.56 Å². The zero-order valence-corrected chi connectivity index (χ0v) is 7.73. The minimum atomic E-state index is -0.345. The van der Waals surface area contributed by atoms with Crippen LogP contribution in [0.4, 0.5) is 5.69 Å². The highest BCUT2D eigenvalue weighted by molar-refractivity contribution is 5.92. The van der Waals surface area contributed by atoms with Crippen LogP contribution in [0.15, 0.2) is 36.4 Å². The Bertz CT molecular complexity index is 506. The van der Waals surface area contributed by atoms with Gasteiger partial charge in [-0.15, -0.1) is 0 Å². The predicted molar refractivity (Wildman–Crippen MR) is 55.3 cm³/mol. The quantitative estimate of drug-likeness (QED) is 0.508. The lowest BCUT2D eigenvalue weighted by Gasteiger charge is -2.01. The van der Waals surface area contributed by atoms with E-state index in [1.807, 2.05) is 25.1 Å². The van der Waals surface area contributed by atoms with Gasteiger partial charge >= 0.3 is 0 Å². The molecule has 0 aromatic heterocycles. The van der Waals surface area contributed by atoms with Crippen molar-refractivity contribution in [1.82, 2.24) is 0 Å². The van der Waals surface area contributed by atoms with Crippen molar-refractivity contribution in [2.45, 2.75) is 6.92 Å². The second kappa shape index (κ2) is 3.10. The van der Waals surface area contributed by atoms with Crippen LogP contribution in [0.25, 0.3) is 10.8 Å². The number of nitro groups is 1. The van der Waals surface area contributed by atoms with Gasteiger partial charge in [-0.05, 0) is 23.9 Å². The maximum Gasteiger partial charge on any atom is 0.277 e. The normalized spacial score (nSPS) is 10.4. The first-order valence-corrected chi connectivity index (χ1v) is 4.33. The van der Waals surface area contributed by atoms with Crippen LogP contribution in [0.2, 0.25) is 0 Å². The fourth-order valence-corrected chi connectivity index (χ4v) is 1.61. The molecule has 70 valence electrons. The van der Waals surface area contributed by atoms with Gasteiger partial charge in [0.1, 0.15) is 0 Å². The number of nitrogens with zero attached hydrogens (tertiary/aromatic N) is 1. The molecule has 2 aromatic rings. The molecule has 0 aliphatic carbocycles. The highest BCUT2D eigenvalue weighted by atomic mass is 16.6. The summed E-state index contributed by atoms with van der Waals surface area (Å²) in [6.45, 7) is 1.95. The van der Waals surface area contributed by atoms with Crippen molar-refractivity contribution in [3.05, 3.63) is 52.1 Å². The van der Waals surface area contributed by atoms with E-state index in [-0.39, 0.29) is 10.6 Å². The highest BCUT2D eigenvalue weighted by Crippen LogP contribution is 2.26. The van der Waals surface area contributed by atoms with Crippen molar-refractivity contribution in [3.63, 3.8) is 0 Å². The summed E-state index contributed by atoms with van der Waals surface area (Å²) in [7, 11) is 0. The smallest absolute Gasteiger partial charge is 0.258 e. The average Bonchev–Trinajstić information content (AvgIpc) is 2.17. The lowest BCUT2D eigenvalue weighted by molar-refractivity contribution is -0.383. The van der Waals surface area contributed by atoms with E-state index in [1.54, 1.807) is 12.1 Å². The zero-order valence-electron chi connectivity index (χ0n) is 7.73. The van der Waals surface area contributed by atoms with Crippen LogP contribution in [0.3, 0.4) is 0 Å². The van der Waals surface area contributed by atoms with E-state index < -0.39 is 0 Å². The van der Waals surface area contributed by atoms with Gasteiger partial charge in [-0.25, -0.2) is 0 Å². The van der Waals surface area contributed by atoms with Crippen molar-refractivity contribution < 1.29 is 4.92 Å². The number of rotatable bonds is 1. The Morgan fingerprint density at radius 3 is 2.43 bits per heavy atom. The van der Waals surface area contributed by atoms with Gasteiger partial charge in [0, 0.05) is 6.07 Å². The van der Waals surface area contributed by atoms with Crippen LogP contribution in [-0.2, 0) is 0 Å². The lowest BCUT2D eigenvalue weighted by Crippen LogP contribution is -1.89. The summed E-state index contributed by atoms with van der Waals surface area (Å²) in [5, 5.41) is 12.4. The predicted octanol–water partition coefficient (Wildman–Crippen LogP) is 3.06. The van der Waals surface area contributed by atoms with E-state index in [1.165, 1.54) is 6.07 Å². The molecule has 3 heteroatoms. The molecule has 0 aliphatic heterocycles. The number of non-ortho nitro benzene ring substituents is 1. The van der Waals surface area contributed by atoms with Crippen LogP contribution >= 0.6 is 0 Å². The molecule has 0 unspecified atom stereocenters. The van der Waals surface area contributed by atoms with Crippen LogP contribution in [0, 0.1) is 17.0 Å². The molecule has 0 heterocycles. The first kappa shape index (κ1) is 8.69. The third kappa shape index (κ3) is 1.23. The Kier molecular flexibility index (Phi) is 1.93. The van der Waals surface area contributed by atoms with Gasteiger partial charge in [-0.3, -0.25) is 10.1 Å². The standard InChI is InChI=1S/C11H9NO2/c1-8-4-2-6-10-9(8)5-3-7-11(10)12(13)14/h2-7H,1H3. The minimum absolute atomic E-state index is 0.172. The second-order valence-corrected chi connectivity index (χ2v) is 3.20. The molecule has 0 N–H and O–H groups in total. The average molecular weight is 187 g/mol. The lowest BCUT2D eigenvalue weighted by atomic mass is 10.0. The summed E-state index contributed by atoms with van der Waals surface area (Å²) in [6, 6.07) is 10.7.